The molecule has 0 saturated heterocycles. The van der Waals surface area contributed by atoms with Gasteiger partial charge < -0.3 is 14.8 Å². The minimum Gasteiger partial charge on any atom is -0.487 e. The van der Waals surface area contributed by atoms with Gasteiger partial charge in [-0.1, -0.05) is 0 Å². The molecule has 0 spiro atoms. The molecule has 1 aromatic carbocycles. The molecule has 24 heavy (non-hydrogen) atoms. The Hall–Kier alpha value is -2.65. The maximum Gasteiger partial charge on any atom is 0.154 e. The van der Waals surface area contributed by atoms with Crippen LogP contribution in [-0.2, 0) is 11.3 Å². The molecule has 1 heterocycles. The van der Waals surface area contributed by atoms with Gasteiger partial charge in [0, 0.05) is 24.6 Å². The number of nitriles is 1. The number of hydrogen-bond donors (Lipinski definition) is 1. The van der Waals surface area contributed by atoms with E-state index in [0.717, 1.165) is 36.4 Å². The molecule has 1 aliphatic carbocycles. The Morgan fingerprint density at radius 2 is 2.04 bits per heavy atom. The van der Waals surface area contributed by atoms with Crippen molar-refractivity contribution in [2.75, 3.05) is 18.5 Å². The second kappa shape index (κ2) is 7.75. The number of nitrogens with one attached hydrogen (secondary N) is 1. The molecule has 0 amide bonds. The van der Waals surface area contributed by atoms with Gasteiger partial charge in [-0.25, -0.2) is 0 Å². The highest BCUT2D eigenvalue weighted by Gasteiger charge is 2.37. The normalized spacial score (nSPS) is 15.1. The molecule has 1 fully saturated rings. The van der Waals surface area contributed by atoms with E-state index in [1.807, 2.05) is 24.3 Å². The number of anilines is 1. The van der Waals surface area contributed by atoms with Crippen molar-refractivity contribution >= 4 is 5.69 Å². The van der Waals surface area contributed by atoms with Crippen LogP contribution in [0.1, 0.15) is 25.0 Å². The highest BCUT2D eigenvalue weighted by molar-refractivity contribution is 5.46. The van der Waals surface area contributed by atoms with Gasteiger partial charge in [-0.15, -0.1) is 0 Å². The van der Waals surface area contributed by atoms with Crippen molar-refractivity contribution in [2.24, 2.45) is 0 Å². The van der Waals surface area contributed by atoms with Crippen molar-refractivity contribution in [3.8, 4) is 11.8 Å². The molecule has 0 radical (unpaired) electrons. The quantitative estimate of drug-likeness (QED) is 0.752. The van der Waals surface area contributed by atoms with Crippen molar-refractivity contribution < 1.29 is 9.47 Å². The topological polar surface area (TPSA) is 80.1 Å². The summed E-state index contributed by atoms with van der Waals surface area (Å²) in [6.07, 6.45) is 7.75. The predicted molar refractivity (Wildman–Crippen MR) is 89.4 cm³/mol. The lowest BCUT2D eigenvalue weighted by atomic mass is 9.81. The fraction of sp³-hybridized carbons (Fsp3) is 0.389. The first-order chi connectivity index (χ1) is 11.8. The minimum atomic E-state index is -0.528. The minimum absolute atomic E-state index is 0.394. The molecular weight excluding hydrogens is 304 g/mol. The second-order valence-electron chi connectivity index (χ2n) is 5.74. The van der Waals surface area contributed by atoms with E-state index in [1.54, 1.807) is 18.6 Å². The van der Waals surface area contributed by atoms with E-state index in [4.69, 9.17) is 14.7 Å². The summed E-state index contributed by atoms with van der Waals surface area (Å²) in [5, 5.41) is 12.4. The highest BCUT2D eigenvalue weighted by atomic mass is 16.5. The third kappa shape index (κ3) is 4.21. The molecule has 1 aliphatic rings. The summed E-state index contributed by atoms with van der Waals surface area (Å²) in [7, 11) is 0. The number of rotatable bonds is 8. The van der Waals surface area contributed by atoms with Gasteiger partial charge in [0.25, 0.3) is 0 Å². The molecular formula is C18H20N4O2. The predicted octanol–water partition coefficient (Wildman–Crippen LogP) is 2.93. The van der Waals surface area contributed by atoms with Gasteiger partial charge >= 0.3 is 0 Å². The van der Waals surface area contributed by atoms with Crippen LogP contribution < -0.4 is 10.1 Å². The molecule has 1 saturated carbocycles. The molecule has 0 aliphatic heterocycles. The molecule has 0 atom stereocenters. The van der Waals surface area contributed by atoms with E-state index in [1.165, 1.54) is 0 Å². The molecule has 0 bridgehead atoms. The SMILES string of the molecule is N#CC1(OCCNc2ccc(OCc3cnccn3)cc2)CCC1. The van der Waals surface area contributed by atoms with Crippen LogP contribution in [0.25, 0.3) is 0 Å². The zero-order valence-corrected chi connectivity index (χ0v) is 13.4. The van der Waals surface area contributed by atoms with Crippen LogP contribution in [0.2, 0.25) is 0 Å². The van der Waals surface area contributed by atoms with Gasteiger partial charge in [0.1, 0.15) is 12.4 Å². The van der Waals surface area contributed by atoms with Crippen molar-refractivity contribution in [1.82, 2.24) is 9.97 Å². The Morgan fingerprint density at radius 3 is 2.67 bits per heavy atom. The van der Waals surface area contributed by atoms with E-state index in [0.29, 0.717) is 19.8 Å². The number of hydrogen-bond acceptors (Lipinski definition) is 6. The summed E-state index contributed by atoms with van der Waals surface area (Å²) in [4.78, 5) is 8.17. The van der Waals surface area contributed by atoms with E-state index in [2.05, 4.69) is 21.4 Å². The number of nitrogens with zero attached hydrogens (tertiary/aromatic N) is 3. The number of benzene rings is 1. The van der Waals surface area contributed by atoms with E-state index >= 15 is 0 Å². The summed E-state index contributed by atoms with van der Waals surface area (Å²) in [6, 6.07) is 9.99. The molecule has 124 valence electrons. The Morgan fingerprint density at radius 1 is 1.21 bits per heavy atom. The maximum atomic E-state index is 9.10. The van der Waals surface area contributed by atoms with Crippen LogP contribution in [0.15, 0.2) is 42.9 Å². The third-order valence-electron chi connectivity index (χ3n) is 4.03. The monoisotopic (exact) mass is 324 g/mol. The van der Waals surface area contributed by atoms with E-state index in [-0.39, 0.29) is 0 Å². The zero-order chi connectivity index (χ0) is 16.7. The summed E-state index contributed by atoms with van der Waals surface area (Å²) < 4.78 is 11.3. The molecule has 6 heteroatoms. The van der Waals surface area contributed by atoms with Gasteiger partial charge in [0.15, 0.2) is 5.60 Å². The van der Waals surface area contributed by atoms with Crippen LogP contribution in [0.4, 0.5) is 5.69 Å². The average Bonchev–Trinajstić information content (AvgIpc) is 2.61. The van der Waals surface area contributed by atoms with E-state index in [9.17, 15) is 0 Å². The van der Waals surface area contributed by atoms with Crippen molar-refractivity contribution in [2.45, 2.75) is 31.5 Å². The lowest BCUT2D eigenvalue weighted by Crippen LogP contribution is -2.39. The maximum absolute atomic E-state index is 9.10. The fourth-order valence-electron chi connectivity index (χ4n) is 2.46. The summed E-state index contributed by atoms with van der Waals surface area (Å²) >= 11 is 0. The first-order valence-corrected chi connectivity index (χ1v) is 8.06. The van der Waals surface area contributed by atoms with Gasteiger partial charge in [-0.2, -0.15) is 5.26 Å². The number of aromatic nitrogens is 2. The van der Waals surface area contributed by atoms with Gasteiger partial charge in [0.05, 0.1) is 24.6 Å². The standard InChI is InChI=1S/C18H20N4O2/c19-14-18(6-1-7-18)24-11-10-22-15-2-4-17(5-3-15)23-13-16-12-20-8-9-21-16/h2-5,8-9,12,22H,1,6-7,10-11,13H2. The Kier molecular flexibility index (Phi) is 5.24. The van der Waals surface area contributed by atoms with Crippen LogP contribution >= 0.6 is 0 Å². The third-order valence-corrected chi connectivity index (χ3v) is 4.03. The molecule has 3 rings (SSSR count). The smallest absolute Gasteiger partial charge is 0.154 e. The summed E-state index contributed by atoms with van der Waals surface area (Å²) in [6.45, 7) is 1.59. The lowest BCUT2D eigenvalue weighted by Gasteiger charge is -2.34. The largest absolute Gasteiger partial charge is 0.487 e. The average molecular weight is 324 g/mol. The Balaban J connectivity index is 1.39. The summed E-state index contributed by atoms with van der Waals surface area (Å²) in [5.41, 5.74) is 1.25. The molecule has 1 N–H and O–H groups in total. The van der Waals surface area contributed by atoms with Gasteiger partial charge in [-0.3, -0.25) is 9.97 Å². The Labute approximate surface area is 141 Å². The van der Waals surface area contributed by atoms with Crippen molar-refractivity contribution in [3.05, 3.63) is 48.5 Å². The van der Waals surface area contributed by atoms with Crippen molar-refractivity contribution in [1.29, 1.82) is 5.26 Å². The zero-order valence-electron chi connectivity index (χ0n) is 13.4. The molecule has 2 aromatic rings. The van der Waals surface area contributed by atoms with Crippen LogP contribution in [0.3, 0.4) is 0 Å². The fourth-order valence-corrected chi connectivity index (χ4v) is 2.46. The van der Waals surface area contributed by atoms with Crippen LogP contribution in [0.5, 0.6) is 5.75 Å². The van der Waals surface area contributed by atoms with Crippen molar-refractivity contribution in [3.63, 3.8) is 0 Å². The van der Waals surface area contributed by atoms with Gasteiger partial charge in [-0.05, 0) is 43.5 Å². The first kappa shape index (κ1) is 16.2. The van der Waals surface area contributed by atoms with E-state index < -0.39 is 5.60 Å². The number of ether oxygens (including phenoxy) is 2. The first-order valence-electron chi connectivity index (χ1n) is 8.06. The Bertz CT molecular complexity index is 678. The molecule has 1 aromatic heterocycles. The van der Waals surface area contributed by atoms with Crippen LogP contribution in [0, 0.1) is 11.3 Å². The second-order valence-corrected chi connectivity index (χ2v) is 5.74. The summed E-state index contributed by atoms with van der Waals surface area (Å²) in [5.74, 6) is 0.778. The molecule has 0 unspecified atom stereocenters. The van der Waals surface area contributed by atoms with Gasteiger partial charge in [0.2, 0.25) is 0 Å². The lowest BCUT2D eigenvalue weighted by molar-refractivity contribution is -0.0512. The molecule has 6 nitrogen and oxygen atoms in total. The highest BCUT2D eigenvalue weighted by Crippen LogP contribution is 2.34. The van der Waals surface area contributed by atoms with Crippen LogP contribution in [-0.4, -0.2) is 28.7 Å².